The van der Waals surface area contributed by atoms with Crippen molar-refractivity contribution in [2.45, 2.75) is 40.7 Å². The van der Waals surface area contributed by atoms with E-state index in [1.54, 1.807) is 0 Å². The van der Waals surface area contributed by atoms with E-state index in [4.69, 9.17) is 4.42 Å². The molecule has 1 aliphatic rings. The first-order valence-electron chi connectivity index (χ1n) is 13.6. The van der Waals surface area contributed by atoms with Crippen LogP contribution in [0.4, 0.5) is 17.1 Å². The van der Waals surface area contributed by atoms with Gasteiger partial charge in [0.05, 0.1) is 5.58 Å². The van der Waals surface area contributed by atoms with Crippen molar-refractivity contribution >= 4 is 45.0 Å². The van der Waals surface area contributed by atoms with E-state index in [0.717, 1.165) is 50.3 Å². The zero-order chi connectivity index (χ0) is 27.8. The predicted molar refractivity (Wildman–Crippen MR) is 163 cm³/mol. The number of pyridine rings is 1. The Labute approximate surface area is 254 Å². The van der Waals surface area contributed by atoms with E-state index in [9.17, 15) is 0 Å². The summed E-state index contributed by atoms with van der Waals surface area (Å²) < 4.78 is 10.4. The van der Waals surface area contributed by atoms with Crippen LogP contribution in [0.2, 0.25) is 0 Å². The molecule has 5 heteroatoms. The molecule has 0 amide bonds. The molecule has 4 nitrogen and oxygen atoms in total. The molecule has 6 aromatic rings. The summed E-state index contributed by atoms with van der Waals surface area (Å²) in [5.41, 5.74) is 10.7. The second kappa shape index (κ2) is 11.8. The van der Waals surface area contributed by atoms with Crippen LogP contribution in [-0.2, 0) is 20.1 Å². The van der Waals surface area contributed by atoms with Crippen molar-refractivity contribution in [1.82, 2.24) is 9.56 Å². The molecule has 0 saturated carbocycles. The molecule has 0 aliphatic carbocycles. The largest absolute Gasteiger partial charge is 0.509 e. The topological polar surface area (TPSA) is 32.0 Å². The molecule has 0 spiro atoms. The molecule has 1 aliphatic heterocycles. The fourth-order valence-corrected chi connectivity index (χ4v) is 4.91. The van der Waals surface area contributed by atoms with Crippen LogP contribution in [0.3, 0.4) is 0 Å². The van der Waals surface area contributed by atoms with Gasteiger partial charge >= 0.3 is 6.01 Å². The normalized spacial score (nSPS) is 12.0. The van der Waals surface area contributed by atoms with Gasteiger partial charge in [0.15, 0.2) is 11.7 Å². The minimum atomic E-state index is 0. The molecule has 3 heterocycles. The number of furan rings is 1. The molecule has 0 saturated heterocycles. The van der Waals surface area contributed by atoms with Crippen LogP contribution in [-0.4, -0.2) is 21.6 Å². The Morgan fingerprint density at radius 3 is 2.32 bits per heavy atom. The predicted octanol–water partition coefficient (Wildman–Crippen LogP) is 8.93. The summed E-state index contributed by atoms with van der Waals surface area (Å²) in [6, 6.07) is 39.2. The summed E-state index contributed by atoms with van der Waals surface area (Å²) in [5.74, 6) is 0. The molecule has 0 N–H and O–H groups in total. The van der Waals surface area contributed by atoms with Gasteiger partial charge in [-0.15, -0.1) is 41.5 Å². The Hall–Kier alpha value is -4.14. The molecular weight excluding hydrogens is 683 g/mol. The molecule has 0 unspecified atom stereocenters. The molecule has 0 bridgehead atoms. The molecule has 205 valence electrons. The molecular formula is C36H31IrN3O. The van der Waals surface area contributed by atoms with Gasteiger partial charge in [-0.05, 0) is 45.0 Å². The summed E-state index contributed by atoms with van der Waals surface area (Å²) >= 11 is 0. The number of fused-ring (bicyclic) bond motifs is 4. The van der Waals surface area contributed by atoms with E-state index < -0.39 is 0 Å². The summed E-state index contributed by atoms with van der Waals surface area (Å²) in [6.07, 6.45) is 1.92. The summed E-state index contributed by atoms with van der Waals surface area (Å²) in [4.78, 5) is 4.41. The first kappa shape index (κ1) is 28.4. The standard InChI is InChI=1S/C22H17N2O.C14H14N.Ir/c1-15(2)23-14-24(19-11-5-4-10-18(19)23)20-12-7-9-17-16-8-3-6-13-21(16)25-22(17)20;1-10-4-6-13(7-5-10)14-8-11(2)12(3)9-15-14;/h3-11,13,15H,1-2H3;4-6,8-9H,1-3H3;/q+1;-1;. The quantitative estimate of drug-likeness (QED) is 0.136. The number of rotatable bonds is 3. The summed E-state index contributed by atoms with van der Waals surface area (Å²) in [7, 11) is 0. The minimum Gasteiger partial charge on any atom is -0.509 e. The van der Waals surface area contributed by atoms with Crippen LogP contribution in [0.25, 0.3) is 33.2 Å². The molecule has 2 aromatic heterocycles. The Bertz CT molecular complexity index is 1940. The maximum absolute atomic E-state index is 6.18. The Morgan fingerprint density at radius 2 is 1.59 bits per heavy atom. The second-order valence-corrected chi connectivity index (χ2v) is 10.5. The van der Waals surface area contributed by atoms with E-state index >= 15 is 0 Å². The minimum absolute atomic E-state index is 0. The average molecular weight is 714 g/mol. The fraction of sp³-hybridized carbons (Fsp3) is 0.167. The van der Waals surface area contributed by atoms with E-state index in [-0.39, 0.29) is 20.1 Å². The Morgan fingerprint density at radius 1 is 0.829 bits per heavy atom. The van der Waals surface area contributed by atoms with Crippen molar-refractivity contribution in [3.05, 3.63) is 120 Å². The molecule has 0 atom stereocenters. The zero-order valence-corrected chi connectivity index (χ0v) is 26.2. The molecule has 0 fully saturated rings. The maximum Gasteiger partial charge on any atom is 0.494 e. The van der Waals surface area contributed by atoms with Gasteiger partial charge in [0.1, 0.15) is 5.58 Å². The summed E-state index contributed by atoms with van der Waals surface area (Å²) in [5, 5.41) is 2.23. The molecule has 4 aromatic carbocycles. The van der Waals surface area contributed by atoms with Gasteiger partial charge in [-0.25, -0.2) is 0 Å². The van der Waals surface area contributed by atoms with Crippen molar-refractivity contribution in [3.8, 4) is 11.3 Å². The first-order valence-corrected chi connectivity index (χ1v) is 13.6. The number of aromatic nitrogens is 1. The molecule has 41 heavy (non-hydrogen) atoms. The summed E-state index contributed by atoms with van der Waals surface area (Å²) in [6.45, 7) is 10.6. The van der Waals surface area contributed by atoms with Crippen LogP contribution in [0.5, 0.6) is 0 Å². The zero-order valence-electron chi connectivity index (χ0n) is 23.8. The van der Waals surface area contributed by atoms with Crippen LogP contribution in [0.15, 0.2) is 95.5 Å². The van der Waals surface area contributed by atoms with Crippen LogP contribution in [0.1, 0.15) is 30.5 Å². The van der Waals surface area contributed by atoms with Gasteiger partial charge in [0.2, 0.25) is 0 Å². The SMILES string of the molecule is CC(C)[N+]1=C=[N+](c2[c-]ccc3c2oc2ccccc23)c2ccccc21.Cc1c[c-]c(-c2cc(C)c(C)cn2)cc1.[Ir]. The van der Waals surface area contributed by atoms with Gasteiger partial charge in [0.25, 0.3) is 11.4 Å². The average Bonchev–Trinajstić information content (AvgIpc) is 3.55. The van der Waals surface area contributed by atoms with Gasteiger partial charge in [-0.2, -0.15) is 12.1 Å². The van der Waals surface area contributed by atoms with E-state index in [2.05, 4.69) is 121 Å². The van der Waals surface area contributed by atoms with Crippen LogP contribution >= 0.6 is 0 Å². The van der Waals surface area contributed by atoms with Crippen molar-refractivity contribution in [3.63, 3.8) is 0 Å². The van der Waals surface area contributed by atoms with E-state index in [1.165, 1.54) is 16.7 Å². The van der Waals surface area contributed by atoms with Crippen molar-refractivity contribution in [1.29, 1.82) is 0 Å². The monoisotopic (exact) mass is 714 g/mol. The number of nitrogens with zero attached hydrogens (tertiary/aromatic N) is 3. The first-order chi connectivity index (χ1) is 19.4. The van der Waals surface area contributed by atoms with Gasteiger partial charge < -0.3 is 9.40 Å². The van der Waals surface area contributed by atoms with Crippen LogP contribution < -0.4 is 4.58 Å². The number of aryl methyl sites for hydroxylation is 3. The Kier molecular flexibility index (Phi) is 8.15. The third kappa shape index (κ3) is 5.45. The molecule has 1 radical (unpaired) electrons. The second-order valence-electron chi connectivity index (χ2n) is 10.5. The van der Waals surface area contributed by atoms with Gasteiger partial charge in [0, 0.05) is 43.8 Å². The van der Waals surface area contributed by atoms with Crippen molar-refractivity contribution < 1.29 is 29.1 Å². The fourth-order valence-electron chi connectivity index (χ4n) is 4.91. The van der Waals surface area contributed by atoms with Crippen LogP contribution in [0, 0.1) is 32.9 Å². The maximum atomic E-state index is 6.18. The number of benzene rings is 4. The third-order valence-electron chi connectivity index (χ3n) is 7.27. The van der Waals surface area contributed by atoms with Crippen molar-refractivity contribution in [2.24, 2.45) is 0 Å². The Balaban J connectivity index is 0.000000182. The third-order valence-corrected chi connectivity index (χ3v) is 7.27. The number of hydrogen-bond acceptors (Lipinski definition) is 2. The van der Waals surface area contributed by atoms with E-state index in [0.29, 0.717) is 6.04 Å². The number of para-hydroxylation sites is 3. The van der Waals surface area contributed by atoms with Crippen molar-refractivity contribution in [2.75, 3.05) is 0 Å². The van der Waals surface area contributed by atoms with Gasteiger partial charge in [-0.3, -0.25) is 0 Å². The molecule has 7 rings (SSSR count). The van der Waals surface area contributed by atoms with Gasteiger partial charge in [-0.1, -0.05) is 63.4 Å². The van der Waals surface area contributed by atoms with E-state index in [1.807, 2.05) is 36.5 Å². The number of hydrogen-bond donors (Lipinski definition) is 0. The smallest absolute Gasteiger partial charge is 0.494 e.